The molecule has 4 rings (SSSR count). The Bertz CT molecular complexity index is 1290. The SMILES string of the molecule is O=C(CCCn1c(=O)oc2ccccc21)Nc1nc(-c2cccc([N+](=O)[O-])c2)cs1. The third-order valence-electron chi connectivity index (χ3n) is 4.46. The molecule has 0 aliphatic carbocycles. The number of nitrogens with one attached hydrogen (secondary N) is 1. The molecule has 0 aliphatic rings. The number of para-hydroxylation sites is 2. The normalized spacial score (nSPS) is 10.9. The van der Waals surface area contributed by atoms with E-state index in [0.29, 0.717) is 40.5 Å². The van der Waals surface area contributed by atoms with Gasteiger partial charge in [0, 0.05) is 36.0 Å². The van der Waals surface area contributed by atoms with E-state index in [1.807, 2.05) is 6.07 Å². The first-order valence-electron chi connectivity index (χ1n) is 9.10. The Morgan fingerprint density at radius 3 is 2.90 bits per heavy atom. The highest BCUT2D eigenvalue weighted by Crippen LogP contribution is 2.27. The maximum absolute atomic E-state index is 12.2. The number of nitro groups is 1. The van der Waals surface area contributed by atoms with Gasteiger partial charge in [0.05, 0.1) is 16.1 Å². The fraction of sp³-hybridized carbons (Fsp3) is 0.150. The van der Waals surface area contributed by atoms with E-state index in [1.54, 1.807) is 35.7 Å². The minimum atomic E-state index is -0.465. The van der Waals surface area contributed by atoms with Crippen molar-refractivity contribution in [2.24, 2.45) is 0 Å². The lowest BCUT2D eigenvalue weighted by Crippen LogP contribution is -2.17. The molecule has 2 heterocycles. The van der Waals surface area contributed by atoms with Crippen LogP contribution in [-0.2, 0) is 11.3 Å². The van der Waals surface area contributed by atoms with Crippen molar-refractivity contribution < 1.29 is 14.1 Å². The molecule has 1 amide bonds. The summed E-state index contributed by atoms with van der Waals surface area (Å²) in [4.78, 5) is 39.0. The monoisotopic (exact) mass is 424 g/mol. The van der Waals surface area contributed by atoms with Gasteiger partial charge >= 0.3 is 5.76 Å². The Morgan fingerprint density at radius 1 is 1.23 bits per heavy atom. The fourth-order valence-electron chi connectivity index (χ4n) is 3.05. The Labute approximate surface area is 173 Å². The molecule has 0 radical (unpaired) electrons. The number of amides is 1. The van der Waals surface area contributed by atoms with Crippen LogP contribution in [0.25, 0.3) is 22.4 Å². The van der Waals surface area contributed by atoms with Crippen molar-refractivity contribution in [2.75, 3.05) is 5.32 Å². The van der Waals surface area contributed by atoms with Crippen molar-refractivity contribution in [3.8, 4) is 11.3 Å². The molecule has 152 valence electrons. The van der Waals surface area contributed by atoms with E-state index >= 15 is 0 Å². The van der Waals surface area contributed by atoms with Crippen LogP contribution in [-0.4, -0.2) is 20.4 Å². The van der Waals surface area contributed by atoms with Gasteiger partial charge in [-0.2, -0.15) is 0 Å². The van der Waals surface area contributed by atoms with E-state index < -0.39 is 10.7 Å². The van der Waals surface area contributed by atoms with Crippen molar-refractivity contribution in [3.63, 3.8) is 0 Å². The van der Waals surface area contributed by atoms with E-state index in [-0.39, 0.29) is 18.0 Å². The van der Waals surface area contributed by atoms with E-state index in [0.717, 1.165) is 0 Å². The predicted molar refractivity (Wildman–Crippen MR) is 113 cm³/mol. The van der Waals surface area contributed by atoms with Crippen LogP contribution >= 0.6 is 11.3 Å². The summed E-state index contributed by atoms with van der Waals surface area (Å²) in [6, 6.07) is 13.3. The van der Waals surface area contributed by atoms with Gasteiger partial charge in [0.1, 0.15) is 0 Å². The second kappa shape index (κ2) is 8.29. The lowest BCUT2D eigenvalue weighted by atomic mass is 10.1. The number of hydrogen-bond donors (Lipinski definition) is 1. The number of benzene rings is 2. The number of thiazole rings is 1. The molecule has 1 N–H and O–H groups in total. The minimum absolute atomic E-state index is 0.0203. The van der Waals surface area contributed by atoms with Gasteiger partial charge in [0.15, 0.2) is 10.7 Å². The van der Waals surface area contributed by atoms with E-state index in [2.05, 4.69) is 10.3 Å². The highest BCUT2D eigenvalue weighted by atomic mass is 32.1. The summed E-state index contributed by atoms with van der Waals surface area (Å²) in [5.74, 6) is -0.672. The van der Waals surface area contributed by atoms with Crippen molar-refractivity contribution in [1.82, 2.24) is 9.55 Å². The molecule has 4 aromatic rings. The van der Waals surface area contributed by atoms with Gasteiger partial charge in [-0.15, -0.1) is 11.3 Å². The van der Waals surface area contributed by atoms with Crippen LogP contribution < -0.4 is 11.1 Å². The number of aryl methyl sites for hydroxylation is 1. The van der Waals surface area contributed by atoms with Crippen molar-refractivity contribution in [1.29, 1.82) is 0 Å². The lowest BCUT2D eigenvalue weighted by molar-refractivity contribution is -0.384. The van der Waals surface area contributed by atoms with Gasteiger partial charge in [-0.3, -0.25) is 19.5 Å². The number of carbonyl (C=O) groups excluding carboxylic acids is 1. The number of carbonyl (C=O) groups is 1. The molecular formula is C20H16N4O5S. The number of nitro benzene ring substituents is 1. The summed E-state index contributed by atoms with van der Waals surface area (Å²) in [5.41, 5.74) is 2.35. The smallest absolute Gasteiger partial charge is 0.408 e. The Balaban J connectivity index is 1.36. The largest absolute Gasteiger partial charge is 0.419 e. The van der Waals surface area contributed by atoms with Crippen LogP contribution in [0.15, 0.2) is 63.1 Å². The summed E-state index contributed by atoms with van der Waals surface area (Å²) in [5, 5.41) is 15.8. The van der Waals surface area contributed by atoms with Gasteiger partial charge in [-0.05, 0) is 18.6 Å². The summed E-state index contributed by atoms with van der Waals surface area (Å²) < 4.78 is 6.68. The fourth-order valence-corrected chi connectivity index (χ4v) is 3.78. The maximum Gasteiger partial charge on any atom is 0.419 e. The number of rotatable bonds is 7. The average molecular weight is 424 g/mol. The second-order valence-electron chi connectivity index (χ2n) is 6.48. The minimum Gasteiger partial charge on any atom is -0.408 e. The van der Waals surface area contributed by atoms with Gasteiger partial charge in [0.2, 0.25) is 5.91 Å². The van der Waals surface area contributed by atoms with Gasteiger partial charge < -0.3 is 9.73 Å². The molecule has 0 atom stereocenters. The number of aromatic nitrogens is 2. The number of oxazole rings is 1. The van der Waals surface area contributed by atoms with Crippen molar-refractivity contribution in [3.05, 3.63) is 74.6 Å². The molecular weight excluding hydrogens is 408 g/mol. The van der Waals surface area contributed by atoms with Gasteiger partial charge in [0.25, 0.3) is 5.69 Å². The molecule has 0 aliphatic heterocycles. The maximum atomic E-state index is 12.2. The summed E-state index contributed by atoms with van der Waals surface area (Å²) in [7, 11) is 0. The third kappa shape index (κ3) is 4.13. The van der Waals surface area contributed by atoms with Gasteiger partial charge in [-0.25, -0.2) is 9.78 Å². The summed E-state index contributed by atoms with van der Waals surface area (Å²) >= 11 is 1.24. The first-order valence-corrected chi connectivity index (χ1v) is 9.98. The number of non-ortho nitro benzene ring substituents is 1. The standard InChI is InChI=1S/C20H16N4O5S/c25-18(9-4-10-23-16-7-1-2-8-17(16)29-20(23)26)22-19-21-15(12-30-19)13-5-3-6-14(11-13)24(27)28/h1-3,5-8,11-12H,4,9-10H2,(H,21,22,25). The molecule has 0 unspecified atom stereocenters. The number of anilines is 1. The molecule has 0 saturated heterocycles. The first kappa shape index (κ1) is 19.5. The van der Waals surface area contributed by atoms with E-state index in [9.17, 15) is 19.7 Å². The number of fused-ring (bicyclic) bond motifs is 1. The first-order chi connectivity index (χ1) is 14.5. The highest BCUT2D eigenvalue weighted by molar-refractivity contribution is 7.14. The third-order valence-corrected chi connectivity index (χ3v) is 5.22. The molecule has 0 bridgehead atoms. The molecule has 0 fully saturated rings. The Kier molecular flexibility index (Phi) is 5.40. The van der Waals surface area contributed by atoms with E-state index in [4.69, 9.17) is 4.42 Å². The van der Waals surface area contributed by atoms with Crippen LogP contribution in [0.2, 0.25) is 0 Å². The molecule has 30 heavy (non-hydrogen) atoms. The quantitative estimate of drug-likeness (QED) is 0.353. The molecule has 2 aromatic heterocycles. The van der Waals surface area contributed by atoms with Crippen LogP contribution in [0.1, 0.15) is 12.8 Å². The molecule has 0 spiro atoms. The molecule has 9 nitrogen and oxygen atoms in total. The average Bonchev–Trinajstić information content (AvgIpc) is 3.32. The predicted octanol–water partition coefficient (Wildman–Crippen LogP) is 4.05. The molecule has 0 saturated carbocycles. The van der Waals surface area contributed by atoms with E-state index in [1.165, 1.54) is 28.0 Å². The zero-order valence-electron chi connectivity index (χ0n) is 15.6. The second-order valence-corrected chi connectivity index (χ2v) is 7.34. The zero-order chi connectivity index (χ0) is 21.1. The van der Waals surface area contributed by atoms with Crippen molar-refractivity contribution >= 4 is 39.2 Å². The zero-order valence-corrected chi connectivity index (χ0v) is 16.4. The van der Waals surface area contributed by atoms with Crippen LogP contribution in [0.5, 0.6) is 0 Å². The highest BCUT2D eigenvalue weighted by Gasteiger charge is 2.12. The summed E-state index contributed by atoms with van der Waals surface area (Å²) in [6.07, 6.45) is 0.663. The number of nitrogens with zero attached hydrogens (tertiary/aromatic N) is 3. The molecule has 10 heteroatoms. The Hall–Kier alpha value is -3.79. The topological polar surface area (TPSA) is 120 Å². The van der Waals surface area contributed by atoms with Gasteiger partial charge in [-0.1, -0.05) is 24.3 Å². The van der Waals surface area contributed by atoms with Crippen LogP contribution in [0, 0.1) is 10.1 Å². The number of hydrogen-bond acceptors (Lipinski definition) is 7. The van der Waals surface area contributed by atoms with Crippen LogP contribution in [0.4, 0.5) is 10.8 Å². The Morgan fingerprint density at radius 2 is 2.07 bits per heavy atom. The summed E-state index contributed by atoms with van der Waals surface area (Å²) in [6.45, 7) is 0.361. The molecule has 2 aromatic carbocycles. The van der Waals surface area contributed by atoms with Crippen LogP contribution in [0.3, 0.4) is 0 Å². The lowest BCUT2D eigenvalue weighted by Gasteiger charge is -2.03. The van der Waals surface area contributed by atoms with Crippen molar-refractivity contribution in [2.45, 2.75) is 19.4 Å².